The topological polar surface area (TPSA) is 78.4 Å². The lowest BCUT2D eigenvalue weighted by Crippen LogP contribution is -2.45. The first-order valence-corrected chi connectivity index (χ1v) is 9.37. The molecule has 7 heteroatoms. The first-order chi connectivity index (χ1) is 12.9. The van der Waals surface area contributed by atoms with E-state index in [4.69, 9.17) is 9.73 Å². The molecule has 1 saturated heterocycles. The Labute approximate surface area is 154 Å². The van der Waals surface area contributed by atoms with Gasteiger partial charge >= 0.3 is 0 Å². The van der Waals surface area contributed by atoms with Gasteiger partial charge in [0.1, 0.15) is 12.2 Å². The Hall–Kier alpha value is -2.41. The summed E-state index contributed by atoms with van der Waals surface area (Å²) in [5.41, 5.74) is 1.19. The molecule has 0 saturated carbocycles. The Kier molecular flexibility index (Phi) is 7.01. The first-order valence-electron chi connectivity index (χ1n) is 9.37. The molecule has 2 aromatic rings. The molecular formula is C19H28N6O. The lowest BCUT2D eigenvalue weighted by Gasteiger charge is -2.33. The van der Waals surface area contributed by atoms with Crippen LogP contribution in [0.2, 0.25) is 0 Å². The number of piperidine rings is 1. The molecule has 0 atom stereocenters. The second kappa shape index (κ2) is 9.91. The Morgan fingerprint density at radius 3 is 2.81 bits per heavy atom. The molecule has 3 rings (SSSR count). The van der Waals surface area contributed by atoms with E-state index in [0.717, 1.165) is 44.3 Å². The lowest BCUT2D eigenvalue weighted by atomic mass is 9.96. The maximum atomic E-state index is 5.73. The number of nitrogens with one attached hydrogen (secondary N) is 2. The number of likely N-dealkylation sites (tertiary alicyclic amines) is 1. The zero-order valence-corrected chi connectivity index (χ0v) is 15.4. The van der Waals surface area contributed by atoms with Gasteiger partial charge in [0.25, 0.3) is 0 Å². The van der Waals surface area contributed by atoms with Crippen molar-refractivity contribution >= 4 is 5.96 Å². The maximum absolute atomic E-state index is 5.73. The van der Waals surface area contributed by atoms with Gasteiger partial charge in [-0.15, -0.1) is 0 Å². The van der Waals surface area contributed by atoms with Crippen LogP contribution in [0.1, 0.15) is 37.1 Å². The quantitative estimate of drug-likeness (QED) is 0.452. The maximum Gasteiger partial charge on any atom is 0.193 e. The van der Waals surface area contributed by atoms with E-state index in [1.54, 1.807) is 6.33 Å². The number of aromatic nitrogens is 3. The van der Waals surface area contributed by atoms with Crippen LogP contribution in [0, 0.1) is 0 Å². The largest absolute Gasteiger partial charge is 0.375 e. The number of aliphatic imine (C=N–C) groups is 1. The molecule has 0 spiro atoms. The van der Waals surface area contributed by atoms with E-state index in [9.17, 15) is 0 Å². The molecule has 1 fully saturated rings. The van der Waals surface area contributed by atoms with Crippen LogP contribution >= 0.6 is 0 Å². The molecule has 7 nitrogen and oxygen atoms in total. The van der Waals surface area contributed by atoms with Crippen LogP contribution in [-0.4, -0.2) is 58.8 Å². The average molecular weight is 356 g/mol. The molecule has 0 bridgehead atoms. The van der Waals surface area contributed by atoms with E-state index in [0.29, 0.717) is 25.7 Å². The van der Waals surface area contributed by atoms with Crippen molar-refractivity contribution < 1.29 is 4.74 Å². The molecule has 1 aliphatic heterocycles. The van der Waals surface area contributed by atoms with Crippen LogP contribution < -0.4 is 5.32 Å². The molecule has 1 aliphatic rings. The molecule has 0 aliphatic carbocycles. The number of hydrogen-bond donors (Lipinski definition) is 2. The fourth-order valence-electron chi connectivity index (χ4n) is 3.18. The second-order valence-corrected chi connectivity index (χ2v) is 6.41. The Morgan fingerprint density at radius 2 is 2.12 bits per heavy atom. The van der Waals surface area contributed by atoms with Gasteiger partial charge in [-0.3, -0.25) is 10.1 Å². The van der Waals surface area contributed by atoms with Gasteiger partial charge in [0.15, 0.2) is 5.96 Å². The van der Waals surface area contributed by atoms with Crippen LogP contribution in [0.4, 0.5) is 0 Å². The fraction of sp³-hybridized carbons (Fsp3) is 0.526. The predicted octanol–water partition coefficient (Wildman–Crippen LogP) is 2.17. The molecule has 1 aromatic heterocycles. The van der Waals surface area contributed by atoms with Gasteiger partial charge in [0.2, 0.25) is 0 Å². The van der Waals surface area contributed by atoms with E-state index in [-0.39, 0.29) is 0 Å². The van der Waals surface area contributed by atoms with Crippen LogP contribution in [0.5, 0.6) is 0 Å². The van der Waals surface area contributed by atoms with Crippen molar-refractivity contribution in [2.75, 3.05) is 32.8 Å². The van der Waals surface area contributed by atoms with Crippen molar-refractivity contribution in [3.8, 4) is 0 Å². The van der Waals surface area contributed by atoms with Crippen LogP contribution in [-0.2, 0) is 11.3 Å². The minimum atomic E-state index is 0.464. The summed E-state index contributed by atoms with van der Waals surface area (Å²) in [6.07, 6.45) is 3.71. The third kappa shape index (κ3) is 5.29. The molecule has 26 heavy (non-hydrogen) atoms. The molecule has 0 unspecified atom stereocenters. The number of benzene rings is 1. The molecular weight excluding hydrogens is 328 g/mol. The highest BCUT2D eigenvalue weighted by Gasteiger charge is 2.24. The van der Waals surface area contributed by atoms with Gasteiger partial charge in [0, 0.05) is 25.6 Å². The summed E-state index contributed by atoms with van der Waals surface area (Å²) in [6.45, 7) is 6.84. The number of nitrogens with zero attached hydrogens (tertiary/aromatic N) is 4. The average Bonchev–Trinajstić information content (AvgIpc) is 3.23. The highest BCUT2D eigenvalue weighted by molar-refractivity contribution is 5.80. The van der Waals surface area contributed by atoms with Gasteiger partial charge in [-0.05, 0) is 25.3 Å². The zero-order chi connectivity index (χ0) is 18.0. The summed E-state index contributed by atoms with van der Waals surface area (Å²) in [5, 5.41) is 10.4. The lowest BCUT2D eigenvalue weighted by molar-refractivity contribution is 0.128. The summed E-state index contributed by atoms with van der Waals surface area (Å²) in [7, 11) is 0. The summed E-state index contributed by atoms with van der Waals surface area (Å²) in [6, 6.07) is 10.2. The highest BCUT2D eigenvalue weighted by Crippen LogP contribution is 2.24. The third-order valence-corrected chi connectivity index (χ3v) is 4.56. The number of aromatic amines is 1. The van der Waals surface area contributed by atoms with Crippen molar-refractivity contribution in [3.05, 3.63) is 48.0 Å². The smallest absolute Gasteiger partial charge is 0.193 e. The number of ether oxygens (including phenoxy) is 1. The fourth-order valence-corrected chi connectivity index (χ4v) is 3.18. The monoisotopic (exact) mass is 356 g/mol. The van der Waals surface area contributed by atoms with E-state index in [1.807, 2.05) is 18.2 Å². The van der Waals surface area contributed by atoms with Gasteiger partial charge < -0.3 is 15.0 Å². The van der Waals surface area contributed by atoms with Crippen LogP contribution in [0.15, 0.2) is 41.7 Å². The molecule has 2 heterocycles. The Balaban J connectivity index is 1.43. The van der Waals surface area contributed by atoms with Crippen molar-refractivity contribution in [3.63, 3.8) is 0 Å². The van der Waals surface area contributed by atoms with Crippen molar-refractivity contribution in [1.29, 1.82) is 0 Å². The van der Waals surface area contributed by atoms with Gasteiger partial charge in [-0.1, -0.05) is 30.3 Å². The molecule has 0 radical (unpaired) electrons. The summed E-state index contributed by atoms with van der Waals surface area (Å²) in [4.78, 5) is 11.3. The molecule has 2 N–H and O–H groups in total. The SMILES string of the molecule is CCNC(=NCCOCc1ccccc1)N1CCC(c2ncn[nH]2)CC1. The number of guanidine groups is 1. The number of H-pyrrole nitrogens is 1. The minimum Gasteiger partial charge on any atom is -0.375 e. The predicted molar refractivity (Wildman–Crippen MR) is 102 cm³/mol. The van der Waals surface area contributed by atoms with E-state index in [2.05, 4.69) is 44.5 Å². The summed E-state index contributed by atoms with van der Waals surface area (Å²) < 4.78 is 5.73. The molecule has 0 amide bonds. The van der Waals surface area contributed by atoms with E-state index in [1.165, 1.54) is 5.56 Å². The molecule has 140 valence electrons. The Morgan fingerprint density at radius 1 is 1.31 bits per heavy atom. The normalized spacial score (nSPS) is 16.0. The highest BCUT2D eigenvalue weighted by atomic mass is 16.5. The Bertz CT molecular complexity index is 650. The summed E-state index contributed by atoms with van der Waals surface area (Å²) in [5.74, 6) is 2.44. The molecule has 1 aromatic carbocycles. The third-order valence-electron chi connectivity index (χ3n) is 4.56. The van der Waals surface area contributed by atoms with Crippen molar-refractivity contribution in [2.45, 2.75) is 32.3 Å². The van der Waals surface area contributed by atoms with Crippen LogP contribution in [0.25, 0.3) is 0 Å². The summed E-state index contributed by atoms with van der Waals surface area (Å²) >= 11 is 0. The van der Waals surface area contributed by atoms with Gasteiger partial charge in [-0.2, -0.15) is 5.10 Å². The van der Waals surface area contributed by atoms with Crippen molar-refractivity contribution in [2.24, 2.45) is 4.99 Å². The zero-order valence-electron chi connectivity index (χ0n) is 15.4. The second-order valence-electron chi connectivity index (χ2n) is 6.41. The minimum absolute atomic E-state index is 0.464. The first kappa shape index (κ1) is 18.4. The van der Waals surface area contributed by atoms with Crippen molar-refractivity contribution in [1.82, 2.24) is 25.4 Å². The number of hydrogen-bond acceptors (Lipinski definition) is 4. The van der Waals surface area contributed by atoms with E-state index < -0.39 is 0 Å². The van der Waals surface area contributed by atoms with Crippen LogP contribution in [0.3, 0.4) is 0 Å². The van der Waals surface area contributed by atoms with Gasteiger partial charge in [0.05, 0.1) is 19.8 Å². The standard InChI is InChI=1S/C19H28N6O/c1-2-20-19(21-10-13-26-14-16-6-4-3-5-7-16)25-11-8-17(9-12-25)18-22-15-23-24-18/h3-7,15,17H,2,8-14H2,1H3,(H,20,21)(H,22,23,24). The number of rotatable bonds is 7. The van der Waals surface area contributed by atoms with Gasteiger partial charge in [-0.25, -0.2) is 4.98 Å². The van der Waals surface area contributed by atoms with E-state index >= 15 is 0 Å².